The standard InChI is InChI=1S/C13H15BrN2O2/c1-8-6-9(4-5-11(8)18-3)13-15-10(7-17)12(14)16(13)2/h4-6,17H,7H2,1-3H3. The zero-order valence-corrected chi connectivity index (χ0v) is 12.2. The minimum atomic E-state index is -0.0798. The Balaban J connectivity index is 2.52. The maximum absolute atomic E-state index is 9.21. The number of aromatic nitrogens is 2. The number of aryl methyl sites for hydroxylation is 1. The number of nitrogens with zero attached hydrogens (tertiary/aromatic N) is 2. The molecule has 2 aromatic rings. The highest BCUT2D eigenvalue weighted by Crippen LogP contribution is 2.28. The van der Waals surface area contributed by atoms with Crippen molar-refractivity contribution in [2.45, 2.75) is 13.5 Å². The number of ether oxygens (including phenoxy) is 1. The molecular formula is C13H15BrN2O2. The van der Waals surface area contributed by atoms with Crippen LogP contribution in [-0.2, 0) is 13.7 Å². The van der Waals surface area contributed by atoms with Crippen molar-refractivity contribution in [3.63, 3.8) is 0 Å². The van der Waals surface area contributed by atoms with Crippen LogP contribution in [0.3, 0.4) is 0 Å². The van der Waals surface area contributed by atoms with E-state index in [1.165, 1.54) is 0 Å². The Bertz CT molecular complexity index is 579. The van der Waals surface area contributed by atoms with Crippen LogP contribution >= 0.6 is 15.9 Å². The minimum Gasteiger partial charge on any atom is -0.496 e. The third-order valence-electron chi connectivity index (χ3n) is 2.89. The van der Waals surface area contributed by atoms with Crippen LogP contribution in [-0.4, -0.2) is 21.8 Å². The van der Waals surface area contributed by atoms with Gasteiger partial charge < -0.3 is 14.4 Å². The summed E-state index contributed by atoms with van der Waals surface area (Å²) in [5.41, 5.74) is 2.69. The average molecular weight is 311 g/mol. The Kier molecular flexibility index (Phi) is 3.73. The van der Waals surface area contributed by atoms with Gasteiger partial charge in [-0.15, -0.1) is 0 Å². The molecular weight excluding hydrogens is 296 g/mol. The minimum absolute atomic E-state index is 0.0798. The number of aliphatic hydroxyl groups excluding tert-OH is 1. The Hall–Kier alpha value is -1.33. The molecule has 96 valence electrons. The molecule has 0 spiro atoms. The van der Waals surface area contributed by atoms with Gasteiger partial charge in [-0.05, 0) is 46.6 Å². The second-order valence-electron chi connectivity index (χ2n) is 4.07. The van der Waals surface area contributed by atoms with Crippen LogP contribution in [0.15, 0.2) is 22.8 Å². The fourth-order valence-corrected chi connectivity index (χ4v) is 2.29. The Morgan fingerprint density at radius 2 is 2.17 bits per heavy atom. The molecule has 1 aromatic carbocycles. The molecule has 4 nitrogen and oxygen atoms in total. The molecule has 0 amide bonds. The fraction of sp³-hybridized carbons (Fsp3) is 0.308. The number of halogens is 1. The predicted molar refractivity (Wildman–Crippen MR) is 73.6 cm³/mol. The first kappa shape index (κ1) is 13.1. The molecule has 0 aliphatic heterocycles. The first-order chi connectivity index (χ1) is 8.58. The number of methoxy groups -OCH3 is 1. The highest BCUT2D eigenvalue weighted by Gasteiger charge is 2.14. The molecule has 0 fully saturated rings. The molecule has 0 radical (unpaired) electrons. The first-order valence-electron chi connectivity index (χ1n) is 5.55. The van der Waals surface area contributed by atoms with E-state index in [2.05, 4.69) is 20.9 Å². The Morgan fingerprint density at radius 1 is 1.44 bits per heavy atom. The summed E-state index contributed by atoms with van der Waals surface area (Å²) in [4.78, 5) is 4.42. The molecule has 1 heterocycles. The molecule has 0 atom stereocenters. The largest absolute Gasteiger partial charge is 0.496 e. The lowest BCUT2D eigenvalue weighted by Gasteiger charge is -2.07. The molecule has 0 aliphatic rings. The molecule has 18 heavy (non-hydrogen) atoms. The van der Waals surface area contributed by atoms with E-state index in [4.69, 9.17) is 4.74 Å². The quantitative estimate of drug-likeness (QED) is 0.948. The van der Waals surface area contributed by atoms with Gasteiger partial charge >= 0.3 is 0 Å². The van der Waals surface area contributed by atoms with Crippen molar-refractivity contribution in [3.8, 4) is 17.1 Å². The normalized spacial score (nSPS) is 10.7. The second-order valence-corrected chi connectivity index (χ2v) is 4.83. The summed E-state index contributed by atoms with van der Waals surface area (Å²) < 4.78 is 7.95. The van der Waals surface area contributed by atoms with Crippen LogP contribution in [0.1, 0.15) is 11.3 Å². The van der Waals surface area contributed by atoms with Crippen molar-refractivity contribution < 1.29 is 9.84 Å². The Morgan fingerprint density at radius 3 is 2.67 bits per heavy atom. The van der Waals surface area contributed by atoms with Gasteiger partial charge in [-0.3, -0.25) is 0 Å². The maximum Gasteiger partial charge on any atom is 0.140 e. The van der Waals surface area contributed by atoms with Gasteiger partial charge in [0.05, 0.1) is 19.4 Å². The predicted octanol–water partition coefficient (Wildman–Crippen LogP) is 2.66. The lowest BCUT2D eigenvalue weighted by Crippen LogP contribution is -1.94. The summed E-state index contributed by atoms with van der Waals surface area (Å²) in [6, 6.07) is 5.91. The van der Waals surface area contributed by atoms with Gasteiger partial charge in [0.15, 0.2) is 0 Å². The van der Waals surface area contributed by atoms with E-state index < -0.39 is 0 Å². The molecule has 5 heteroatoms. The van der Waals surface area contributed by atoms with E-state index in [1.807, 2.05) is 36.7 Å². The summed E-state index contributed by atoms with van der Waals surface area (Å²) in [5, 5.41) is 9.21. The highest BCUT2D eigenvalue weighted by atomic mass is 79.9. The van der Waals surface area contributed by atoms with E-state index in [1.54, 1.807) is 7.11 Å². The van der Waals surface area contributed by atoms with Gasteiger partial charge in [-0.2, -0.15) is 0 Å². The topological polar surface area (TPSA) is 47.3 Å². The molecule has 1 aromatic heterocycles. The van der Waals surface area contributed by atoms with Crippen LogP contribution in [0.25, 0.3) is 11.4 Å². The second kappa shape index (κ2) is 5.12. The van der Waals surface area contributed by atoms with E-state index >= 15 is 0 Å². The van der Waals surface area contributed by atoms with E-state index in [-0.39, 0.29) is 6.61 Å². The molecule has 0 aliphatic carbocycles. The van der Waals surface area contributed by atoms with E-state index in [0.717, 1.165) is 27.3 Å². The van der Waals surface area contributed by atoms with Gasteiger partial charge in [0.1, 0.15) is 16.2 Å². The number of hydrogen-bond acceptors (Lipinski definition) is 3. The van der Waals surface area contributed by atoms with Gasteiger partial charge in [-0.25, -0.2) is 4.98 Å². The van der Waals surface area contributed by atoms with Crippen molar-refractivity contribution >= 4 is 15.9 Å². The monoisotopic (exact) mass is 310 g/mol. The molecule has 0 bridgehead atoms. The van der Waals surface area contributed by atoms with Gasteiger partial charge in [0.2, 0.25) is 0 Å². The third kappa shape index (κ3) is 2.15. The summed E-state index contributed by atoms with van der Waals surface area (Å²) in [7, 11) is 3.56. The van der Waals surface area contributed by atoms with E-state index in [9.17, 15) is 5.11 Å². The number of rotatable bonds is 3. The van der Waals surface area contributed by atoms with Crippen molar-refractivity contribution in [2.75, 3.05) is 7.11 Å². The first-order valence-corrected chi connectivity index (χ1v) is 6.34. The maximum atomic E-state index is 9.21. The molecule has 0 saturated heterocycles. The molecule has 1 N–H and O–H groups in total. The zero-order valence-electron chi connectivity index (χ0n) is 10.6. The number of aliphatic hydroxyl groups is 1. The van der Waals surface area contributed by atoms with Crippen LogP contribution < -0.4 is 4.74 Å². The molecule has 2 rings (SSSR count). The third-order valence-corrected chi connectivity index (χ3v) is 3.88. The van der Waals surface area contributed by atoms with E-state index in [0.29, 0.717) is 5.69 Å². The van der Waals surface area contributed by atoms with Crippen molar-refractivity contribution in [1.29, 1.82) is 0 Å². The van der Waals surface area contributed by atoms with Crippen LogP contribution in [0.2, 0.25) is 0 Å². The lowest BCUT2D eigenvalue weighted by molar-refractivity contribution is 0.276. The molecule has 0 unspecified atom stereocenters. The van der Waals surface area contributed by atoms with Crippen LogP contribution in [0.5, 0.6) is 5.75 Å². The fourth-order valence-electron chi connectivity index (χ4n) is 1.91. The smallest absolute Gasteiger partial charge is 0.140 e. The summed E-state index contributed by atoms with van der Waals surface area (Å²) in [6.07, 6.45) is 0. The number of imidazole rings is 1. The van der Waals surface area contributed by atoms with Crippen LogP contribution in [0, 0.1) is 6.92 Å². The summed E-state index contributed by atoms with van der Waals surface area (Å²) in [6.45, 7) is 1.91. The summed E-state index contributed by atoms with van der Waals surface area (Å²) in [5.74, 6) is 1.67. The summed E-state index contributed by atoms with van der Waals surface area (Å²) >= 11 is 3.42. The van der Waals surface area contributed by atoms with Crippen molar-refractivity contribution in [2.24, 2.45) is 7.05 Å². The molecule has 0 saturated carbocycles. The van der Waals surface area contributed by atoms with Crippen LogP contribution in [0.4, 0.5) is 0 Å². The van der Waals surface area contributed by atoms with Gasteiger partial charge in [0, 0.05) is 12.6 Å². The van der Waals surface area contributed by atoms with Gasteiger partial charge in [0.25, 0.3) is 0 Å². The SMILES string of the molecule is COc1ccc(-c2nc(CO)c(Br)n2C)cc1C. The highest BCUT2D eigenvalue weighted by molar-refractivity contribution is 9.10. The lowest BCUT2D eigenvalue weighted by atomic mass is 10.1. The Labute approximate surface area is 114 Å². The van der Waals surface area contributed by atoms with Crippen molar-refractivity contribution in [3.05, 3.63) is 34.1 Å². The van der Waals surface area contributed by atoms with Crippen molar-refractivity contribution in [1.82, 2.24) is 9.55 Å². The number of hydrogen-bond donors (Lipinski definition) is 1. The van der Waals surface area contributed by atoms with Gasteiger partial charge in [-0.1, -0.05) is 0 Å². The average Bonchev–Trinajstić information content (AvgIpc) is 2.66. The zero-order chi connectivity index (χ0) is 13.3. The number of benzene rings is 1.